The number of rotatable bonds is 4. The molecular weight excluding hydrogens is 370 g/mol. The number of hydrogen-bond donors (Lipinski definition) is 1. The van der Waals surface area contributed by atoms with Gasteiger partial charge in [0.1, 0.15) is 13.2 Å². The van der Waals surface area contributed by atoms with Crippen molar-refractivity contribution in [3.8, 4) is 11.5 Å². The number of Topliss-reactive ketones (excluding diaryl/α,β-unsaturated/α-hetero) is 1. The molecule has 2 aliphatic rings. The summed E-state index contributed by atoms with van der Waals surface area (Å²) in [6.45, 7) is 3.06. The fraction of sp³-hybridized carbons (Fsp3) is 0.300. The Hall–Kier alpha value is -2.57. The number of benzene rings is 2. The third-order valence-electron chi connectivity index (χ3n) is 4.89. The van der Waals surface area contributed by atoms with Crippen molar-refractivity contribution in [1.82, 2.24) is 0 Å². The van der Waals surface area contributed by atoms with Crippen LogP contribution in [0.2, 0.25) is 5.02 Å². The zero-order valence-electron chi connectivity index (χ0n) is 14.7. The molecule has 0 spiro atoms. The van der Waals surface area contributed by atoms with Crippen molar-refractivity contribution in [3.63, 3.8) is 0 Å². The quantitative estimate of drug-likeness (QED) is 0.816. The average molecular weight is 388 g/mol. The van der Waals surface area contributed by atoms with Crippen LogP contribution >= 0.6 is 11.6 Å². The first-order chi connectivity index (χ1) is 12.9. The monoisotopic (exact) mass is 387 g/mol. The van der Waals surface area contributed by atoms with Crippen LogP contribution in [0, 0.1) is 0 Å². The van der Waals surface area contributed by atoms with E-state index in [1.807, 2.05) is 6.92 Å². The second-order valence-electron chi connectivity index (χ2n) is 6.53. The molecule has 0 radical (unpaired) electrons. The molecule has 2 aliphatic heterocycles. The van der Waals surface area contributed by atoms with E-state index in [1.54, 1.807) is 36.4 Å². The second kappa shape index (κ2) is 6.55. The topological polar surface area (TPSA) is 76.1 Å². The molecule has 1 amide bonds. The second-order valence-corrected chi connectivity index (χ2v) is 6.97. The number of carbonyl (C=O) groups excluding carboxylic acids is 2. The van der Waals surface area contributed by atoms with Crippen LogP contribution in [0.15, 0.2) is 36.4 Å². The van der Waals surface area contributed by atoms with Gasteiger partial charge in [0.25, 0.3) is 5.91 Å². The normalized spacial score (nSPS) is 20.6. The molecule has 1 N–H and O–H groups in total. The van der Waals surface area contributed by atoms with Crippen molar-refractivity contribution in [1.29, 1.82) is 0 Å². The van der Waals surface area contributed by atoms with Gasteiger partial charge < -0.3 is 19.5 Å². The van der Waals surface area contributed by atoms with Gasteiger partial charge in [-0.2, -0.15) is 0 Å². The molecule has 0 aliphatic carbocycles. The Balaban J connectivity index is 1.68. The Labute approximate surface area is 161 Å². The standard InChI is InChI=1S/C20H18ClNO5/c1-2-22-15-5-4-13(21)10-14(15)20(25,19(22)24)11-16(23)12-3-6-17-18(9-12)27-8-7-26-17/h3-6,9-10,25H,2,7-8,11H2,1H3. The summed E-state index contributed by atoms with van der Waals surface area (Å²) in [5.41, 5.74) is -0.670. The van der Waals surface area contributed by atoms with Crippen LogP contribution in [-0.2, 0) is 10.4 Å². The van der Waals surface area contributed by atoms with Crippen molar-refractivity contribution < 1.29 is 24.2 Å². The summed E-state index contributed by atoms with van der Waals surface area (Å²) in [6.07, 6.45) is -0.380. The molecule has 2 aromatic carbocycles. The number of halogens is 1. The van der Waals surface area contributed by atoms with Crippen LogP contribution in [0.4, 0.5) is 5.69 Å². The van der Waals surface area contributed by atoms with Crippen LogP contribution < -0.4 is 14.4 Å². The van der Waals surface area contributed by atoms with Gasteiger partial charge in [0.2, 0.25) is 0 Å². The van der Waals surface area contributed by atoms with Crippen molar-refractivity contribution in [2.45, 2.75) is 18.9 Å². The van der Waals surface area contributed by atoms with Crippen LogP contribution in [0.3, 0.4) is 0 Å². The molecule has 140 valence electrons. The molecule has 0 bridgehead atoms. The van der Waals surface area contributed by atoms with Crippen molar-refractivity contribution >= 4 is 29.0 Å². The number of amides is 1. The Kier molecular flexibility index (Phi) is 4.32. The molecule has 6 nitrogen and oxygen atoms in total. The Morgan fingerprint density at radius 1 is 1.19 bits per heavy atom. The van der Waals surface area contributed by atoms with Gasteiger partial charge in [-0.1, -0.05) is 11.6 Å². The molecule has 0 saturated carbocycles. The molecule has 4 rings (SSSR count). The average Bonchev–Trinajstić information content (AvgIpc) is 2.88. The van der Waals surface area contributed by atoms with Gasteiger partial charge in [0.15, 0.2) is 22.9 Å². The van der Waals surface area contributed by atoms with Gasteiger partial charge >= 0.3 is 0 Å². The molecule has 2 aromatic rings. The first-order valence-corrected chi connectivity index (χ1v) is 9.09. The molecule has 27 heavy (non-hydrogen) atoms. The predicted molar refractivity (Wildman–Crippen MR) is 99.8 cm³/mol. The Morgan fingerprint density at radius 3 is 2.67 bits per heavy atom. The minimum absolute atomic E-state index is 0.346. The maximum atomic E-state index is 12.9. The highest BCUT2D eigenvalue weighted by Gasteiger charge is 2.50. The van der Waals surface area contributed by atoms with E-state index in [0.29, 0.717) is 53.1 Å². The van der Waals surface area contributed by atoms with E-state index in [4.69, 9.17) is 21.1 Å². The molecule has 2 heterocycles. The summed E-state index contributed by atoms with van der Waals surface area (Å²) in [6, 6.07) is 9.73. The predicted octanol–water partition coefficient (Wildman–Crippen LogP) is 2.94. The molecule has 0 saturated heterocycles. The van der Waals surface area contributed by atoms with Gasteiger partial charge in [-0.05, 0) is 43.3 Å². The number of fused-ring (bicyclic) bond motifs is 2. The van der Waals surface area contributed by atoms with E-state index in [2.05, 4.69) is 0 Å². The summed E-state index contributed by atoms with van der Waals surface area (Å²) in [5, 5.41) is 11.6. The summed E-state index contributed by atoms with van der Waals surface area (Å²) in [4.78, 5) is 27.2. The number of aliphatic hydroxyl groups is 1. The number of hydrogen-bond acceptors (Lipinski definition) is 5. The van der Waals surface area contributed by atoms with Crippen molar-refractivity contribution in [2.24, 2.45) is 0 Å². The first-order valence-electron chi connectivity index (χ1n) is 8.71. The number of carbonyl (C=O) groups is 2. The SMILES string of the molecule is CCN1C(=O)C(O)(CC(=O)c2ccc3c(c2)OCCO3)c2cc(Cl)ccc21. The summed E-state index contributed by atoms with van der Waals surface area (Å²) >= 11 is 6.07. The molecule has 0 aromatic heterocycles. The minimum atomic E-state index is -1.94. The highest BCUT2D eigenvalue weighted by molar-refractivity contribution is 6.31. The number of ether oxygens (including phenoxy) is 2. The maximum Gasteiger partial charge on any atom is 0.264 e. The van der Waals surface area contributed by atoms with E-state index < -0.39 is 11.5 Å². The number of nitrogens with zero attached hydrogens (tertiary/aromatic N) is 1. The van der Waals surface area contributed by atoms with Crippen LogP contribution in [0.5, 0.6) is 11.5 Å². The molecule has 1 atom stereocenters. The van der Waals surface area contributed by atoms with Crippen LogP contribution in [0.1, 0.15) is 29.3 Å². The van der Waals surface area contributed by atoms with Crippen molar-refractivity contribution in [3.05, 3.63) is 52.5 Å². The Morgan fingerprint density at radius 2 is 1.93 bits per heavy atom. The molecule has 0 fully saturated rings. The summed E-state index contributed by atoms with van der Waals surface area (Å²) < 4.78 is 11.0. The van der Waals surface area contributed by atoms with E-state index in [0.717, 1.165) is 0 Å². The summed E-state index contributed by atoms with van der Waals surface area (Å²) in [7, 11) is 0. The third-order valence-corrected chi connectivity index (χ3v) is 5.13. The van der Waals surface area contributed by atoms with Crippen molar-refractivity contribution in [2.75, 3.05) is 24.7 Å². The lowest BCUT2D eigenvalue weighted by Crippen LogP contribution is -2.41. The van der Waals surface area contributed by atoms with E-state index in [1.165, 1.54) is 4.90 Å². The van der Waals surface area contributed by atoms with E-state index in [9.17, 15) is 14.7 Å². The van der Waals surface area contributed by atoms with Gasteiger partial charge in [-0.15, -0.1) is 0 Å². The zero-order chi connectivity index (χ0) is 19.2. The number of likely N-dealkylation sites (N-methyl/N-ethyl adjacent to an activating group) is 1. The number of anilines is 1. The smallest absolute Gasteiger partial charge is 0.264 e. The van der Waals surface area contributed by atoms with E-state index >= 15 is 0 Å². The van der Waals surface area contributed by atoms with Gasteiger partial charge in [0, 0.05) is 22.7 Å². The molecular formula is C20H18ClNO5. The number of ketones is 1. The van der Waals surface area contributed by atoms with E-state index in [-0.39, 0.29) is 12.2 Å². The van der Waals surface area contributed by atoms with Gasteiger partial charge in [0.05, 0.1) is 12.1 Å². The molecule has 1 unspecified atom stereocenters. The largest absolute Gasteiger partial charge is 0.486 e. The van der Waals surface area contributed by atoms with Gasteiger partial charge in [-0.3, -0.25) is 9.59 Å². The van der Waals surface area contributed by atoms with Gasteiger partial charge in [-0.25, -0.2) is 0 Å². The fourth-order valence-corrected chi connectivity index (χ4v) is 3.73. The highest BCUT2D eigenvalue weighted by Crippen LogP contribution is 2.44. The maximum absolute atomic E-state index is 12.9. The third kappa shape index (κ3) is 2.85. The lowest BCUT2D eigenvalue weighted by atomic mass is 9.88. The first kappa shape index (κ1) is 17.8. The lowest BCUT2D eigenvalue weighted by Gasteiger charge is -2.23. The Bertz CT molecular complexity index is 944. The molecule has 7 heteroatoms. The zero-order valence-corrected chi connectivity index (χ0v) is 15.5. The van der Waals surface area contributed by atoms with Crippen LogP contribution in [0.25, 0.3) is 0 Å². The minimum Gasteiger partial charge on any atom is -0.486 e. The van der Waals surface area contributed by atoms with Crippen LogP contribution in [-0.4, -0.2) is 36.6 Å². The summed E-state index contributed by atoms with van der Waals surface area (Å²) in [5.74, 6) is 0.165. The highest BCUT2D eigenvalue weighted by atomic mass is 35.5. The lowest BCUT2D eigenvalue weighted by molar-refractivity contribution is -0.135. The fourth-order valence-electron chi connectivity index (χ4n) is 3.56.